The fourth-order valence-corrected chi connectivity index (χ4v) is 5.58. The van der Waals surface area contributed by atoms with Crippen LogP contribution >= 0.6 is 23.1 Å². The van der Waals surface area contributed by atoms with E-state index in [1.54, 1.807) is 0 Å². The second kappa shape index (κ2) is 9.61. The molecule has 0 spiro atoms. The number of carbonyl (C=O) groups excluding carboxylic acids is 1. The Labute approximate surface area is 188 Å². The van der Waals surface area contributed by atoms with Gasteiger partial charge >= 0.3 is 0 Å². The van der Waals surface area contributed by atoms with Gasteiger partial charge in [-0.3, -0.25) is 14.9 Å². The van der Waals surface area contributed by atoms with E-state index in [4.69, 9.17) is 0 Å². The van der Waals surface area contributed by atoms with Gasteiger partial charge < -0.3 is 9.88 Å². The minimum Gasteiger partial charge on any atom is -0.325 e. The first kappa shape index (κ1) is 21.5. The maximum atomic E-state index is 12.4. The monoisotopic (exact) mass is 457 g/mol. The van der Waals surface area contributed by atoms with Gasteiger partial charge in [0.1, 0.15) is 0 Å². The van der Waals surface area contributed by atoms with Gasteiger partial charge in [0.25, 0.3) is 5.69 Å². The molecule has 10 heteroatoms. The molecule has 0 aliphatic heterocycles. The van der Waals surface area contributed by atoms with Crippen molar-refractivity contribution in [1.82, 2.24) is 14.8 Å². The molecule has 2 heterocycles. The molecule has 1 N–H and O–H groups in total. The molecule has 1 aliphatic carbocycles. The van der Waals surface area contributed by atoms with Crippen LogP contribution in [0.5, 0.6) is 0 Å². The number of nitrogens with one attached hydrogen (secondary N) is 1. The number of aromatic nitrogens is 3. The lowest BCUT2D eigenvalue weighted by Gasteiger charge is -2.13. The highest BCUT2D eigenvalue weighted by molar-refractivity contribution is 7.99. The van der Waals surface area contributed by atoms with Crippen molar-refractivity contribution in [3.8, 4) is 11.4 Å². The second-order valence-corrected chi connectivity index (χ2v) is 9.26. The van der Waals surface area contributed by atoms with E-state index in [0.717, 1.165) is 36.8 Å². The summed E-state index contributed by atoms with van der Waals surface area (Å²) in [6.07, 6.45) is 5.64. The summed E-state index contributed by atoms with van der Waals surface area (Å²) in [6.45, 7) is 2.90. The Morgan fingerprint density at radius 3 is 2.77 bits per heavy atom. The number of rotatable bonds is 8. The molecular weight excluding hydrogens is 434 g/mol. The zero-order valence-corrected chi connectivity index (χ0v) is 18.8. The van der Waals surface area contributed by atoms with E-state index in [1.807, 2.05) is 11.3 Å². The van der Waals surface area contributed by atoms with Gasteiger partial charge in [0, 0.05) is 40.2 Å². The largest absolute Gasteiger partial charge is 0.325 e. The molecule has 0 saturated heterocycles. The number of benzene rings is 1. The van der Waals surface area contributed by atoms with Crippen LogP contribution < -0.4 is 5.32 Å². The average Bonchev–Trinajstić information content (AvgIpc) is 3.37. The van der Waals surface area contributed by atoms with E-state index in [2.05, 4.69) is 32.4 Å². The maximum absolute atomic E-state index is 12.4. The molecule has 0 saturated carbocycles. The second-order valence-electron chi connectivity index (χ2n) is 7.36. The molecule has 0 radical (unpaired) electrons. The van der Waals surface area contributed by atoms with Gasteiger partial charge in [-0.1, -0.05) is 18.7 Å². The molecule has 1 amide bonds. The number of anilines is 1. The summed E-state index contributed by atoms with van der Waals surface area (Å²) in [4.78, 5) is 24.1. The highest BCUT2D eigenvalue weighted by Gasteiger charge is 2.22. The van der Waals surface area contributed by atoms with Crippen LogP contribution in [0, 0.1) is 10.1 Å². The maximum Gasteiger partial charge on any atom is 0.269 e. The van der Waals surface area contributed by atoms with Crippen molar-refractivity contribution >= 4 is 40.4 Å². The Kier molecular flexibility index (Phi) is 6.67. The summed E-state index contributed by atoms with van der Waals surface area (Å²) in [7, 11) is 0. The number of hydrogen-bond donors (Lipinski definition) is 1. The van der Waals surface area contributed by atoms with Crippen molar-refractivity contribution < 1.29 is 9.72 Å². The van der Waals surface area contributed by atoms with Crippen molar-refractivity contribution in [1.29, 1.82) is 0 Å². The fraction of sp³-hybridized carbons (Fsp3) is 0.381. The van der Waals surface area contributed by atoms with E-state index in [-0.39, 0.29) is 17.3 Å². The average molecular weight is 458 g/mol. The molecule has 0 bridgehead atoms. The molecule has 162 valence electrons. The summed E-state index contributed by atoms with van der Waals surface area (Å²) < 4.78 is 2.11. The quantitative estimate of drug-likeness (QED) is 0.292. The first-order valence-electron chi connectivity index (χ1n) is 10.3. The zero-order valence-electron chi connectivity index (χ0n) is 17.2. The van der Waals surface area contributed by atoms with Crippen molar-refractivity contribution in [3.05, 3.63) is 50.2 Å². The molecule has 3 aromatic rings. The van der Waals surface area contributed by atoms with Gasteiger partial charge in [-0.05, 0) is 49.8 Å². The fourth-order valence-electron chi connectivity index (χ4n) is 3.69. The van der Waals surface area contributed by atoms with Crippen LogP contribution in [0.2, 0.25) is 0 Å². The number of nitro benzene ring substituents is 1. The van der Waals surface area contributed by atoms with Gasteiger partial charge in [0.15, 0.2) is 11.0 Å². The summed E-state index contributed by atoms with van der Waals surface area (Å²) >= 11 is 3.16. The number of carbonyl (C=O) groups is 1. The lowest BCUT2D eigenvalue weighted by Crippen LogP contribution is -2.14. The van der Waals surface area contributed by atoms with Crippen LogP contribution in [-0.2, 0) is 24.2 Å². The topological polar surface area (TPSA) is 103 Å². The van der Waals surface area contributed by atoms with Crippen LogP contribution in [0.15, 0.2) is 34.8 Å². The van der Waals surface area contributed by atoms with Crippen LogP contribution in [0.1, 0.15) is 36.6 Å². The molecule has 1 aliphatic rings. The zero-order chi connectivity index (χ0) is 21.8. The molecule has 0 fully saturated rings. The van der Waals surface area contributed by atoms with Crippen molar-refractivity contribution in [3.63, 3.8) is 0 Å². The Bertz CT molecular complexity index is 1090. The van der Waals surface area contributed by atoms with E-state index >= 15 is 0 Å². The third kappa shape index (κ3) is 4.80. The highest BCUT2D eigenvalue weighted by atomic mass is 32.2. The SMILES string of the molecule is CCCn1c(SCC(=O)Nc2ccc([N+](=O)[O-])cc2)nnc1-c1csc2c1CCCC2. The Hall–Kier alpha value is -2.72. The standard InChI is InChI=1S/C21H23N5O3S2/c1-2-11-25-20(17-12-30-18-6-4-3-5-16(17)18)23-24-21(25)31-13-19(27)22-14-7-9-15(10-8-14)26(28)29/h7-10,12H,2-6,11,13H2,1H3,(H,22,27). The van der Waals surface area contributed by atoms with E-state index in [9.17, 15) is 14.9 Å². The molecule has 8 nitrogen and oxygen atoms in total. The summed E-state index contributed by atoms with van der Waals surface area (Å²) in [5.41, 5.74) is 3.11. The Morgan fingerprint density at radius 2 is 2.03 bits per heavy atom. The molecule has 1 aromatic carbocycles. The number of aryl methyl sites for hydroxylation is 1. The van der Waals surface area contributed by atoms with Gasteiger partial charge in [0.2, 0.25) is 5.91 Å². The molecular formula is C21H23N5O3S2. The van der Waals surface area contributed by atoms with Crippen LogP contribution in [0.3, 0.4) is 0 Å². The number of non-ortho nitro benzene ring substituents is 1. The normalized spacial score (nSPS) is 13.1. The van der Waals surface area contributed by atoms with Gasteiger partial charge in [-0.15, -0.1) is 21.5 Å². The van der Waals surface area contributed by atoms with Crippen molar-refractivity contribution in [2.45, 2.75) is 50.7 Å². The van der Waals surface area contributed by atoms with Gasteiger partial charge in [-0.25, -0.2) is 0 Å². The number of thiophene rings is 1. The number of thioether (sulfide) groups is 1. The number of hydrogen-bond acceptors (Lipinski definition) is 7. The predicted octanol–water partition coefficient (Wildman–Crippen LogP) is 4.93. The number of nitrogens with zero attached hydrogens (tertiary/aromatic N) is 4. The molecule has 31 heavy (non-hydrogen) atoms. The van der Waals surface area contributed by atoms with Gasteiger partial charge in [-0.2, -0.15) is 0 Å². The summed E-state index contributed by atoms with van der Waals surface area (Å²) in [5, 5.41) is 25.3. The number of nitro groups is 1. The Morgan fingerprint density at radius 1 is 1.26 bits per heavy atom. The number of fused-ring (bicyclic) bond motifs is 1. The lowest BCUT2D eigenvalue weighted by atomic mass is 9.95. The minimum absolute atomic E-state index is 0.0109. The molecule has 4 rings (SSSR count). The molecule has 0 atom stereocenters. The minimum atomic E-state index is -0.468. The summed E-state index contributed by atoms with van der Waals surface area (Å²) in [5.74, 6) is 0.875. The van der Waals surface area contributed by atoms with E-state index in [1.165, 1.54) is 64.9 Å². The highest BCUT2D eigenvalue weighted by Crippen LogP contribution is 2.37. The van der Waals surface area contributed by atoms with Crippen LogP contribution in [-0.4, -0.2) is 31.3 Å². The van der Waals surface area contributed by atoms with Crippen LogP contribution in [0.25, 0.3) is 11.4 Å². The third-order valence-corrected chi connectivity index (χ3v) is 7.22. The number of amides is 1. The smallest absolute Gasteiger partial charge is 0.269 e. The third-order valence-electron chi connectivity index (χ3n) is 5.16. The van der Waals surface area contributed by atoms with Crippen molar-refractivity contribution in [2.75, 3.05) is 11.1 Å². The first-order chi connectivity index (χ1) is 15.1. The molecule has 0 unspecified atom stereocenters. The van der Waals surface area contributed by atoms with Crippen molar-refractivity contribution in [2.24, 2.45) is 0 Å². The summed E-state index contributed by atoms with van der Waals surface area (Å²) in [6, 6.07) is 5.79. The van der Waals surface area contributed by atoms with Gasteiger partial charge in [0.05, 0.1) is 10.7 Å². The van der Waals surface area contributed by atoms with Crippen LogP contribution in [0.4, 0.5) is 11.4 Å². The van der Waals surface area contributed by atoms with E-state index in [0.29, 0.717) is 5.69 Å². The first-order valence-corrected chi connectivity index (χ1v) is 12.1. The predicted molar refractivity (Wildman–Crippen MR) is 123 cm³/mol. The van der Waals surface area contributed by atoms with E-state index < -0.39 is 4.92 Å². The lowest BCUT2D eigenvalue weighted by molar-refractivity contribution is -0.384. The Balaban J connectivity index is 1.45. The molecule has 2 aromatic heterocycles.